The van der Waals surface area contributed by atoms with Gasteiger partial charge in [0.1, 0.15) is 18.3 Å². The van der Waals surface area contributed by atoms with E-state index >= 15 is 4.39 Å². The van der Waals surface area contributed by atoms with Crippen LogP contribution in [-0.2, 0) is 8.85 Å². The van der Waals surface area contributed by atoms with Crippen LogP contribution in [0.4, 0.5) is 10.2 Å². The molecule has 0 radical (unpaired) electrons. The Morgan fingerprint density at radius 1 is 1.09 bits per heavy atom. The Hall–Kier alpha value is -0.836. The monoisotopic (exact) mass is 497 g/mol. The largest absolute Gasteiger partial charge is 0.416 e. The molecule has 1 aromatic rings. The molecule has 190 valence electrons. The molecule has 0 aliphatic heterocycles. The lowest BCUT2D eigenvalue weighted by Crippen LogP contribution is -2.53. The predicted molar refractivity (Wildman–Crippen MR) is 142 cm³/mol. The van der Waals surface area contributed by atoms with E-state index in [9.17, 15) is 0 Å². The van der Waals surface area contributed by atoms with Crippen molar-refractivity contribution in [2.24, 2.45) is 5.92 Å². The third-order valence-corrected chi connectivity index (χ3v) is 18.7. The number of rotatable bonds is 10. The summed E-state index contributed by atoms with van der Waals surface area (Å²) in [5.74, 6) is 0.666. The lowest BCUT2D eigenvalue weighted by molar-refractivity contribution is 0.0517. The smallest absolute Gasteiger partial charge is 0.200 e. The first kappa shape index (κ1) is 28.4. The van der Waals surface area contributed by atoms with Gasteiger partial charge in [-0.25, -0.2) is 14.4 Å². The second-order valence-corrected chi connectivity index (χ2v) is 22.5. The van der Waals surface area contributed by atoms with Crippen molar-refractivity contribution in [3.63, 3.8) is 0 Å². The average Bonchev–Trinajstić information content (AvgIpc) is 2.98. The summed E-state index contributed by atoms with van der Waals surface area (Å²) >= 11 is 0. The molecule has 1 aliphatic rings. The number of halogens is 1. The van der Waals surface area contributed by atoms with Crippen LogP contribution >= 0.6 is 0 Å². The van der Waals surface area contributed by atoms with E-state index in [-0.39, 0.29) is 17.0 Å². The molecular weight excluding hydrogens is 449 g/mol. The molecule has 1 aromatic heterocycles. The highest BCUT2D eigenvalue weighted by molar-refractivity contribution is 6.77. The fraction of sp³-hybridized carbons (Fsp3) is 0.840. The molecule has 33 heavy (non-hydrogen) atoms. The molecule has 1 saturated carbocycles. The van der Waals surface area contributed by atoms with Gasteiger partial charge in [0.25, 0.3) is 0 Å². The van der Waals surface area contributed by atoms with Crippen LogP contribution in [0, 0.1) is 5.92 Å². The fourth-order valence-corrected chi connectivity index (χ4v) is 12.0. The van der Waals surface area contributed by atoms with Gasteiger partial charge in [0, 0.05) is 18.7 Å². The molecular formula is C25H48FN3O2Si2. The van der Waals surface area contributed by atoms with Gasteiger partial charge in [0.2, 0.25) is 8.32 Å². The molecule has 1 aliphatic carbocycles. The maximum Gasteiger partial charge on any atom is 0.200 e. The highest BCUT2D eigenvalue weighted by atomic mass is 28.4. The summed E-state index contributed by atoms with van der Waals surface area (Å²) in [6.07, 6.45) is 2.26. The summed E-state index contributed by atoms with van der Waals surface area (Å²) in [5.41, 5.74) is 1.21. The van der Waals surface area contributed by atoms with Crippen molar-refractivity contribution >= 4 is 22.5 Å². The number of hydrogen-bond acceptors (Lipinski definition) is 5. The standard InChI is InChI=1S/C25H48FN3O2Si2/c1-17(2)33(18(3)4,19(5)6)31-24-20(15-30-32(10,11)25(7,8)9)14-21(23(24)26)29-22-12-13-27-16-28-22/h12-13,16-21,23-24H,14-15H2,1-11H3,(H,27,28,29)/t20-,21-,23-,24-/m1/s1. The van der Waals surface area contributed by atoms with Gasteiger partial charge in [0.15, 0.2) is 8.32 Å². The summed E-state index contributed by atoms with van der Waals surface area (Å²) in [5, 5.41) is 3.43. The average molecular weight is 498 g/mol. The molecule has 1 fully saturated rings. The Bertz CT molecular complexity index is 719. The summed E-state index contributed by atoms with van der Waals surface area (Å²) in [6, 6.07) is 1.44. The molecule has 1 N–H and O–H groups in total. The molecule has 1 heterocycles. The zero-order valence-electron chi connectivity index (χ0n) is 22.8. The molecule has 2 rings (SSSR count). The van der Waals surface area contributed by atoms with Crippen molar-refractivity contribution in [1.82, 2.24) is 9.97 Å². The second kappa shape index (κ2) is 10.8. The fourth-order valence-electron chi connectivity index (χ4n) is 5.28. The molecule has 4 atom stereocenters. The lowest BCUT2D eigenvalue weighted by atomic mass is 10.1. The summed E-state index contributed by atoms with van der Waals surface area (Å²) in [4.78, 5) is 8.23. The molecule has 0 bridgehead atoms. The first-order valence-corrected chi connectivity index (χ1v) is 17.7. The minimum atomic E-state index is -2.25. The zero-order chi connectivity index (χ0) is 25.2. The van der Waals surface area contributed by atoms with Crippen LogP contribution in [0.1, 0.15) is 68.7 Å². The molecule has 0 spiro atoms. The minimum Gasteiger partial charge on any atom is -0.416 e. The van der Waals surface area contributed by atoms with Crippen molar-refractivity contribution in [3.8, 4) is 0 Å². The van der Waals surface area contributed by atoms with E-state index < -0.39 is 28.9 Å². The molecule has 0 unspecified atom stereocenters. The van der Waals surface area contributed by atoms with Gasteiger partial charge in [-0.1, -0.05) is 62.3 Å². The second-order valence-electron chi connectivity index (χ2n) is 12.3. The van der Waals surface area contributed by atoms with Crippen molar-refractivity contribution < 1.29 is 13.2 Å². The number of alkyl halides is 1. The van der Waals surface area contributed by atoms with Crippen LogP contribution in [0.25, 0.3) is 0 Å². The van der Waals surface area contributed by atoms with Gasteiger partial charge in [0.05, 0.1) is 12.1 Å². The van der Waals surface area contributed by atoms with Gasteiger partial charge < -0.3 is 14.2 Å². The number of hydrogen-bond donors (Lipinski definition) is 1. The summed E-state index contributed by atoms with van der Waals surface area (Å²) in [7, 11) is -4.20. The third kappa shape index (κ3) is 6.24. The van der Waals surface area contributed by atoms with Gasteiger partial charge >= 0.3 is 0 Å². The van der Waals surface area contributed by atoms with E-state index in [4.69, 9.17) is 8.85 Å². The van der Waals surface area contributed by atoms with E-state index in [1.165, 1.54) is 6.33 Å². The Labute approximate surface area is 203 Å². The van der Waals surface area contributed by atoms with Crippen molar-refractivity contribution in [2.45, 2.75) is 122 Å². The lowest BCUT2D eigenvalue weighted by Gasteiger charge is -2.45. The normalized spacial score (nSPS) is 24.8. The van der Waals surface area contributed by atoms with Crippen molar-refractivity contribution in [3.05, 3.63) is 18.6 Å². The van der Waals surface area contributed by atoms with Gasteiger partial charge in [-0.05, 0) is 47.2 Å². The van der Waals surface area contributed by atoms with Crippen molar-refractivity contribution in [2.75, 3.05) is 11.9 Å². The Morgan fingerprint density at radius 2 is 1.67 bits per heavy atom. The summed E-state index contributed by atoms with van der Waals surface area (Å²) in [6.45, 7) is 25.3. The van der Waals surface area contributed by atoms with Gasteiger partial charge in [-0.2, -0.15) is 0 Å². The van der Waals surface area contributed by atoms with Crippen LogP contribution in [-0.4, -0.2) is 51.5 Å². The van der Waals surface area contributed by atoms with Crippen LogP contribution in [0.15, 0.2) is 18.6 Å². The molecule has 5 nitrogen and oxygen atoms in total. The summed E-state index contributed by atoms with van der Waals surface area (Å²) < 4.78 is 29.8. The SMILES string of the molecule is CC(C)[Si](O[C@@H]1[C@@H](CO[Si](C)(C)C(C)(C)C)C[C@@H](Nc2ccncn2)[C@H]1F)(C(C)C)C(C)C. The molecule has 0 aromatic carbocycles. The molecule has 0 amide bonds. The zero-order valence-corrected chi connectivity index (χ0v) is 24.8. The molecule has 0 saturated heterocycles. The van der Waals surface area contributed by atoms with Gasteiger partial charge in [-0.3, -0.25) is 0 Å². The van der Waals surface area contributed by atoms with Crippen LogP contribution < -0.4 is 5.32 Å². The van der Waals surface area contributed by atoms with Crippen molar-refractivity contribution in [1.29, 1.82) is 0 Å². The Morgan fingerprint density at radius 3 is 2.12 bits per heavy atom. The maximum absolute atomic E-state index is 16.1. The first-order valence-electron chi connectivity index (χ1n) is 12.6. The third-order valence-electron chi connectivity index (χ3n) is 8.15. The van der Waals surface area contributed by atoms with E-state index in [0.29, 0.717) is 35.5 Å². The maximum atomic E-state index is 16.1. The van der Waals surface area contributed by atoms with E-state index in [0.717, 1.165) is 0 Å². The van der Waals surface area contributed by atoms with Crippen LogP contribution in [0.5, 0.6) is 0 Å². The Kier molecular flexibility index (Phi) is 9.32. The van der Waals surface area contributed by atoms with Crippen LogP contribution in [0.3, 0.4) is 0 Å². The van der Waals surface area contributed by atoms with Crippen LogP contribution in [0.2, 0.25) is 34.8 Å². The van der Waals surface area contributed by atoms with E-state index in [2.05, 4.69) is 90.7 Å². The topological polar surface area (TPSA) is 56.3 Å². The number of aromatic nitrogens is 2. The molecule has 8 heteroatoms. The quantitative estimate of drug-likeness (QED) is 0.346. The number of nitrogens with one attached hydrogen (secondary N) is 1. The van der Waals surface area contributed by atoms with E-state index in [1.807, 2.05) is 0 Å². The first-order chi connectivity index (χ1) is 15.1. The predicted octanol–water partition coefficient (Wildman–Crippen LogP) is 7.20. The number of anilines is 1. The van der Waals surface area contributed by atoms with Gasteiger partial charge in [-0.15, -0.1) is 0 Å². The minimum absolute atomic E-state index is 0.0107. The van der Waals surface area contributed by atoms with E-state index in [1.54, 1.807) is 12.3 Å². The Balaban J connectivity index is 2.34. The highest BCUT2D eigenvalue weighted by Crippen LogP contribution is 2.47. The number of nitrogens with zero attached hydrogens (tertiary/aromatic N) is 2. The highest BCUT2D eigenvalue weighted by Gasteiger charge is 2.53.